The first-order chi connectivity index (χ1) is 6.83. The molecule has 0 fully saturated rings. The molecule has 0 aromatic heterocycles. The molecular formula is C14H21Cl. The fraction of sp³-hybridized carbons (Fsp3) is 0.571. The summed E-state index contributed by atoms with van der Waals surface area (Å²) in [5.74, 6) is 0. The second-order valence-electron chi connectivity index (χ2n) is 5.17. The topological polar surface area (TPSA) is 0 Å². The van der Waals surface area contributed by atoms with Crippen molar-refractivity contribution in [2.24, 2.45) is 0 Å². The highest BCUT2D eigenvalue weighted by molar-refractivity contribution is 6.20. The van der Waals surface area contributed by atoms with Crippen molar-refractivity contribution < 1.29 is 0 Å². The molecule has 1 heteroatoms. The van der Waals surface area contributed by atoms with Gasteiger partial charge in [0.2, 0.25) is 0 Å². The SMILES string of the molecule is Cc1ccc(C(C)(C)CC(C)Cl)cc1C. The Balaban J connectivity index is 2.99. The van der Waals surface area contributed by atoms with Crippen LogP contribution < -0.4 is 0 Å². The summed E-state index contributed by atoms with van der Waals surface area (Å²) in [5.41, 5.74) is 4.27. The lowest BCUT2D eigenvalue weighted by atomic mass is 9.79. The van der Waals surface area contributed by atoms with Crippen molar-refractivity contribution in [2.75, 3.05) is 0 Å². The van der Waals surface area contributed by atoms with E-state index in [9.17, 15) is 0 Å². The molecule has 0 bridgehead atoms. The molecule has 0 radical (unpaired) electrons. The summed E-state index contributed by atoms with van der Waals surface area (Å²) in [7, 11) is 0. The van der Waals surface area contributed by atoms with Crippen LogP contribution in [0, 0.1) is 13.8 Å². The predicted octanol–water partition coefficient (Wildman–Crippen LogP) is 4.60. The van der Waals surface area contributed by atoms with Gasteiger partial charge in [0.25, 0.3) is 0 Å². The molecule has 84 valence electrons. The largest absolute Gasteiger partial charge is 0.123 e. The van der Waals surface area contributed by atoms with E-state index in [1.165, 1.54) is 16.7 Å². The van der Waals surface area contributed by atoms with Gasteiger partial charge in [0.15, 0.2) is 0 Å². The van der Waals surface area contributed by atoms with Gasteiger partial charge in [-0.25, -0.2) is 0 Å². The molecule has 0 heterocycles. The third-order valence-electron chi connectivity index (χ3n) is 3.08. The molecule has 0 aliphatic carbocycles. The molecule has 0 N–H and O–H groups in total. The molecule has 1 rings (SSSR count). The summed E-state index contributed by atoms with van der Waals surface area (Å²) >= 11 is 6.08. The van der Waals surface area contributed by atoms with Crippen molar-refractivity contribution in [1.29, 1.82) is 0 Å². The Morgan fingerprint density at radius 1 is 1.20 bits per heavy atom. The highest BCUT2D eigenvalue weighted by Gasteiger charge is 2.22. The molecule has 0 spiro atoms. The van der Waals surface area contributed by atoms with Gasteiger partial charge < -0.3 is 0 Å². The zero-order valence-electron chi connectivity index (χ0n) is 10.4. The van der Waals surface area contributed by atoms with Gasteiger partial charge in [-0.05, 0) is 49.3 Å². The van der Waals surface area contributed by atoms with Gasteiger partial charge in [-0.3, -0.25) is 0 Å². The van der Waals surface area contributed by atoms with Crippen LogP contribution in [0.1, 0.15) is 43.9 Å². The first-order valence-electron chi connectivity index (χ1n) is 5.55. The Kier molecular flexibility index (Phi) is 3.83. The summed E-state index contributed by atoms with van der Waals surface area (Å²) in [6.45, 7) is 10.9. The van der Waals surface area contributed by atoms with E-state index in [0.717, 1.165) is 6.42 Å². The number of aryl methyl sites for hydroxylation is 2. The third-order valence-corrected chi connectivity index (χ3v) is 3.23. The lowest BCUT2D eigenvalue weighted by Gasteiger charge is -2.27. The van der Waals surface area contributed by atoms with E-state index in [4.69, 9.17) is 11.6 Å². The molecule has 15 heavy (non-hydrogen) atoms. The van der Waals surface area contributed by atoms with E-state index < -0.39 is 0 Å². The predicted molar refractivity (Wildman–Crippen MR) is 68.9 cm³/mol. The number of benzene rings is 1. The Bertz CT molecular complexity index is 337. The molecule has 0 amide bonds. The van der Waals surface area contributed by atoms with Crippen LogP contribution in [0.5, 0.6) is 0 Å². The highest BCUT2D eigenvalue weighted by atomic mass is 35.5. The van der Waals surface area contributed by atoms with Crippen molar-refractivity contribution in [1.82, 2.24) is 0 Å². The van der Waals surface area contributed by atoms with Crippen LogP contribution in [0.3, 0.4) is 0 Å². The van der Waals surface area contributed by atoms with Gasteiger partial charge in [-0.15, -0.1) is 11.6 Å². The van der Waals surface area contributed by atoms with E-state index in [2.05, 4.69) is 52.8 Å². The number of halogens is 1. The molecule has 1 aromatic carbocycles. The maximum Gasteiger partial charge on any atom is 0.0316 e. The molecule has 0 aliphatic heterocycles. The molecule has 0 aliphatic rings. The Labute approximate surface area is 98.7 Å². The van der Waals surface area contributed by atoms with E-state index in [0.29, 0.717) is 0 Å². The highest BCUT2D eigenvalue weighted by Crippen LogP contribution is 2.30. The first kappa shape index (κ1) is 12.6. The van der Waals surface area contributed by atoms with E-state index in [-0.39, 0.29) is 10.8 Å². The number of rotatable bonds is 3. The monoisotopic (exact) mass is 224 g/mol. The van der Waals surface area contributed by atoms with E-state index >= 15 is 0 Å². The van der Waals surface area contributed by atoms with Crippen LogP contribution in [-0.2, 0) is 5.41 Å². The van der Waals surface area contributed by atoms with Gasteiger partial charge in [0.05, 0.1) is 0 Å². The van der Waals surface area contributed by atoms with Crippen molar-refractivity contribution >= 4 is 11.6 Å². The van der Waals surface area contributed by atoms with E-state index in [1.54, 1.807) is 0 Å². The van der Waals surface area contributed by atoms with Gasteiger partial charge in [-0.2, -0.15) is 0 Å². The second-order valence-corrected chi connectivity index (χ2v) is 5.91. The van der Waals surface area contributed by atoms with Crippen LogP contribution in [0.25, 0.3) is 0 Å². The third kappa shape index (κ3) is 3.24. The minimum atomic E-state index is 0.166. The van der Waals surface area contributed by atoms with Crippen LogP contribution in [0.15, 0.2) is 18.2 Å². The molecule has 0 nitrogen and oxygen atoms in total. The number of hydrogen-bond acceptors (Lipinski definition) is 0. The average Bonchev–Trinajstić information content (AvgIpc) is 2.07. The lowest BCUT2D eigenvalue weighted by Crippen LogP contribution is -2.21. The Morgan fingerprint density at radius 2 is 1.80 bits per heavy atom. The Morgan fingerprint density at radius 3 is 2.27 bits per heavy atom. The molecule has 1 aromatic rings. The van der Waals surface area contributed by atoms with Crippen LogP contribution >= 0.6 is 11.6 Å². The zero-order chi connectivity index (χ0) is 11.6. The average molecular weight is 225 g/mol. The van der Waals surface area contributed by atoms with Gasteiger partial charge >= 0.3 is 0 Å². The molecule has 0 saturated heterocycles. The minimum Gasteiger partial charge on any atom is -0.123 e. The van der Waals surface area contributed by atoms with Crippen LogP contribution in [0.4, 0.5) is 0 Å². The number of alkyl halides is 1. The summed E-state index contributed by atoms with van der Waals surface area (Å²) in [4.78, 5) is 0. The Hall–Kier alpha value is -0.490. The lowest BCUT2D eigenvalue weighted by molar-refractivity contribution is 0.476. The first-order valence-corrected chi connectivity index (χ1v) is 5.98. The minimum absolute atomic E-state index is 0.166. The van der Waals surface area contributed by atoms with Crippen molar-refractivity contribution in [3.8, 4) is 0 Å². The molecule has 0 saturated carbocycles. The van der Waals surface area contributed by atoms with Gasteiger partial charge in [0.1, 0.15) is 0 Å². The normalized spacial score (nSPS) is 14.0. The maximum atomic E-state index is 6.08. The molecule has 1 atom stereocenters. The quantitative estimate of drug-likeness (QED) is 0.659. The number of hydrogen-bond donors (Lipinski definition) is 0. The standard InChI is InChI=1S/C14H21Cl/c1-10-6-7-13(8-11(10)2)14(4,5)9-12(3)15/h6-8,12H,9H2,1-5H3. The molecule has 1 unspecified atom stereocenters. The van der Waals surface area contributed by atoms with Crippen LogP contribution in [0.2, 0.25) is 0 Å². The summed E-state index contributed by atoms with van der Waals surface area (Å²) in [6, 6.07) is 6.71. The maximum absolute atomic E-state index is 6.08. The summed E-state index contributed by atoms with van der Waals surface area (Å²) < 4.78 is 0. The van der Waals surface area contributed by atoms with Crippen molar-refractivity contribution in [2.45, 2.75) is 51.8 Å². The van der Waals surface area contributed by atoms with Crippen molar-refractivity contribution in [3.05, 3.63) is 34.9 Å². The van der Waals surface area contributed by atoms with Gasteiger partial charge in [0, 0.05) is 5.38 Å². The van der Waals surface area contributed by atoms with Crippen LogP contribution in [-0.4, -0.2) is 5.38 Å². The summed E-state index contributed by atoms with van der Waals surface area (Å²) in [5, 5.41) is 0.224. The fourth-order valence-corrected chi connectivity index (χ4v) is 2.37. The second kappa shape index (κ2) is 4.57. The van der Waals surface area contributed by atoms with E-state index in [1.807, 2.05) is 0 Å². The zero-order valence-corrected chi connectivity index (χ0v) is 11.2. The molecular weight excluding hydrogens is 204 g/mol. The fourth-order valence-electron chi connectivity index (χ4n) is 1.98. The van der Waals surface area contributed by atoms with Crippen molar-refractivity contribution in [3.63, 3.8) is 0 Å². The van der Waals surface area contributed by atoms with Gasteiger partial charge in [-0.1, -0.05) is 32.0 Å². The smallest absolute Gasteiger partial charge is 0.0316 e. The summed E-state index contributed by atoms with van der Waals surface area (Å²) in [6.07, 6.45) is 1.01.